The summed E-state index contributed by atoms with van der Waals surface area (Å²) in [7, 11) is 1.71. The lowest BCUT2D eigenvalue weighted by atomic mass is 10.2. The number of methoxy groups -OCH3 is 1. The summed E-state index contributed by atoms with van der Waals surface area (Å²) in [6.07, 6.45) is 4.56. The van der Waals surface area contributed by atoms with Crippen LogP contribution in [-0.2, 0) is 4.74 Å². The first-order chi connectivity index (χ1) is 8.67. The van der Waals surface area contributed by atoms with Crippen molar-refractivity contribution < 1.29 is 4.74 Å². The SMILES string of the molecule is CCCCCN(C(=NCCCOC)NN)C(C)C. The minimum Gasteiger partial charge on any atom is -0.385 e. The lowest BCUT2D eigenvalue weighted by Crippen LogP contribution is -2.48. The van der Waals surface area contributed by atoms with Crippen molar-refractivity contribution in [1.82, 2.24) is 10.3 Å². The molecule has 18 heavy (non-hydrogen) atoms. The van der Waals surface area contributed by atoms with Crippen molar-refractivity contribution in [2.75, 3.05) is 26.8 Å². The fourth-order valence-corrected chi connectivity index (χ4v) is 1.75. The minimum absolute atomic E-state index is 0.402. The molecule has 108 valence electrons. The third kappa shape index (κ3) is 7.50. The molecule has 0 bridgehead atoms. The molecule has 0 rings (SSSR count). The van der Waals surface area contributed by atoms with E-state index in [-0.39, 0.29) is 0 Å². The fraction of sp³-hybridized carbons (Fsp3) is 0.923. The van der Waals surface area contributed by atoms with Crippen molar-refractivity contribution in [3.8, 4) is 0 Å². The van der Waals surface area contributed by atoms with E-state index in [9.17, 15) is 0 Å². The molecule has 0 atom stereocenters. The van der Waals surface area contributed by atoms with Crippen LogP contribution >= 0.6 is 0 Å². The van der Waals surface area contributed by atoms with Gasteiger partial charge in [0.15, 0.2) is 0 Å². The second kappa shape index (κ2) is 11.3. The third-order valence-corrected chi connectivity index (χ3v) is 2.80. The molecule has 0 spiro atoms. The second-order valence-electron chi connectivity index (χ2n) is 4.69. The standard InChI is InChI=1S/C13H30N4O/c1-5-6-7-10-17(12(2)3)13(16-14)15-9-8-11-18-4/h12H,5-11,14H2,1-4H3,(H,15,16). The quantitative estimate of drug-likeness (QED) is 0.217. The Bertz CT molecular complexity index is 219. The van der Waals surface area contributed by atoms with Gasteiger partial charge in [0.1, 0.15) is 0 Å². The first-order valence-electron chi connectivity index (χ1n) is 6.94. The number of nitrogens with one attached hydrogen (secondary N) is 1. The summed E-state index contributed by atoms with van der Waals surface area (Å²) in [5.41, 5.74) is 2.72. The van der Waals surface area contributed by atoms with E-state index in [1.807, 2.05) is 0 Å². The Hall–Kier alpha value is -0.810. The Kier molecular flexibility index (Phi) is 10.8. The number of rotatable bonds is 9. The Morgan fingerprint density at radius 3 is 2.56 bits per heavy atom. The van der Waals surface area contributed by atoms with Crippen molar-refractivity contribution in [1.29, 1.82) is 0 Å². The van der Waals surface area contributed by atoms with Gasteiger partial charge >= 0.3 is 0 Å². The van der Waals surface area contributed by atoms with E-state index < -0.39 is 0 Å². The number of guanidine groups is 1. The molecule has 0 saturated carbocycles. The molecule has 0 aromatic rings. The van der Waals surface area contributed by atoms with Crippen LogP contribution in [0.15, 0.2) is 4.99 Å². The van der Waals surface area contributed by atoms with Crippen LogP contribution in [0.3, 0.4) is 0 Å². The van der Waals surface area contributed by atoms with Crippen molar-refractivity contribution >= 4 is 5.96 Å². The van der Waals surface area contributed by atoms with Crippen LogP contribution in [0.5, 0.6) is 0 Å². The fourth-order valence-electron chi connectivity index (χ4n) is 1.75. The number of aliphatic imine (C=N–C) groups is 1. The molecule has 0 radical (unpaired) electrons. The van der Waals surface area contributed by atoms with Crippen LogP contribution in [-0.4, -0.2) is 43.7 Å². The summed E-state index contributed by atoms with van der Waals surface area (Å²) in [6.45, 7) is 9.00. The zero-order valence-corrected chi connectivity index (χ0v) is 12.4. The van der Waals surface area contributed by atoms with Crippen molar-refractivity contribution in [2.24, 2.45) is 10.8 Å². The van der Waals surface area contributed by atoms with E-state index in [1.165, 1.54) is 19.3 Å². The summed E-state index contributed by atoms with van der Waals surface area (Å²) in [4.78, 5) is 6.73. The summed E-state index contributed by atoms with van der Waals surface area (Å²) in [5, 5.41) is 0. The highest BCUT2D eigenvalue weighted by Crippen LogP contribution is 2.04. The van der Waals surface area contributed by atoms with Crippen LogP contribution in [0.1, 0.15) is 46.5 Å². The predicted molar refractivity (Wildman–Crippen MR) is 77.5 cm³/mol. The molecule has 0 aliphatic rings. The van der Waals surface area contributed by atoms with Gasteiger partial charge in [-0.25, -0.2) is 5.84 Å². The highest BCUT2D eigenvalue weighted by molar-refractivity contribution is 5.79. The molecular formula is C13H30N4O. The van der Waals surface area contributed by atoms with Crippen molar-refractivity contribution in [3.05, 3.63) is 0 Å². The lowest BCUT2D eigenvalue weighted by Gasteiger charge is -2.29. The monoisotopic (exact) mass is 258 g/mol. The van der Waals surface area contributed by atoms with Gasteiger partial charge in [0.25, 0.3) is 0 Å². The minimum atomic E-state index is 0.402. The first-order valence-corrected chi connectivity index (χ1v) is 6.94. The van der Waals surface area contributed by atoms with Gasteiger partial charge in [0.05, 0.1) is 0 Å². The highest BCUT2D eigenvalue weighted by Gasteiger charge is 2.13. The van der Waals surface area contributed by atoms with E-state index >= 15 is 0 Å². The Labute approximate surface area is 112 Å². The smallest absolute Gasteiger partial charge is 0.208 e. The van der Waals surface area contributed by atoms with Crippen molar-refractivity contribution in [3.63, 3.8) is 0 Å². The van der Waals surface area contributed by atoms with E-state index in [1.54, 1.807) is 7.11 Å². The highest BCUT2D eigenvalue weighted by atomic mass is 16.5. The molecule has 0 amide bonds. The Morgan fingerprint density at radius 1 is 1.33 bits per heavy atom. The molecule has 0 saturated heterocycles. The van der Waals surface area contributed by atoms with Crippen LogP contribution in [0.25, 0.3) is 0 Å². The number of hydrogen-bond donors (Lipinski definition) is 2. The zero-order valence-electron chi connectivity index (χ0n) is 12.4. The van der Waals surface area contributed by atoms with Crippen LogP contribution < -0.4 is 11.3 Å². The summed E-state index contributed by atoms with van der Waals surface area (Å²) < 4.78 is 5.01. The van der Waals surface area contributed by atoms with E-state index in [2.05, 4.69) is 36.1 Å². The average Bonchev–Trinajstić information content (AvgIpc) is 2.36. The third-order valence-electron chi connectivity index (χ3n) is 2.80. The number of hydrazine groups is 1. The van der Waals surface area contributed by atoms with Crippen molar-refractivity contribution in [2.45, 2.75) is 52.5 Å². The second-order valence-corrected chi connectivity index (χ2v) is 4.69. The van der Waals surface area contributed by atoms with Crippen LogP contribution in [0, 0.1) is 0 Å². The molecular weight excluding hydrogens is 228 g/mol. The van der Waals surface area contributed by atoms with Gasteiger partial charge in [-0.05, 0) is 26.7 Å². The van der Waals surface area contributed by atoms with Gasteiger partial charge in [-0.2, -0.15) is 0 Å². The molecule has 3 N–H and O–H groups in total. The summed E-state index contributed by atoms with van der Waals surface area (Å²) >= 11 is 0. The van der Waals surface area contributed by atoms with Gasteiger partial charge < -0.3 is 9.64 Å². The van der Waals surface area contributed by atoms with Gasteiger partial charge in [0.2, 0.25) is 5.96 Å². The van der Waals surface area contributed by atoms with E-state index in [4.69, 9.17) is 10.6 Å². The Morgan fingerprint density at radius 2 is 2.06 bits per heavy atom. The zero-order chi connectivity index (χ0) is 13.8. The van der Waals surface area contributed by atoms with Gasteiger partial charge in [-0.1, -0.05) is 19.8 Å². The van der Waals surface area contributed by atoms with Crippen LogP contribution in [0.4, 0.5) is 0 Å². The van der Waals surface area contributed by atoms with E-state index in [0.29, 0.717) is 6.04 Å². The number of unbranched alkanes of at least 4 members (excludes halogenated alkanes) is 2. The maximum Gasteiger partial charge on any atom is 0.208 e. The Balaban J connectivity index is 4.31. The topological polar surface area (TPSA) is 62.9 Å². The first kappa shape index (κ1) is 17.2. The molecule has 0 unspecified atom stereocenters. The average molecular weight is 258 g/mol. The van der Waals surface area contributed by atoms with Crippen LogP contribution in [0.2, 0.25) is 0 Å². The molecule has 5 nitrogen and oxygen atoms in total. The number of nitrogens with zero attached hydrogens (tertiary/aromatic N) is 2. The normalized spacial score (nSPS) is 12.0. The molecule has 0 aliphatic heterocycles. The largest absolute Gasteiger partial charge is 0.385 e. The van der Waals surface area contributed by atoms with Gasteiger partial charge in [-0.15, -0.1) is 0 Å². The van der Waals surface area contributed by atoms with E-state index in [0.717, 1.165) is 32.1 Å². The van der Waals surface area contributed by atoms with Gasteiger partial charge in [-0.3, -0.25) is 10.4 Å². The molecule has 0 heterocycles. The molecule has 0 aliphatic carbocycles. The number of hydrogen-bond acceptors (Lipinski definition) is 3. The molecule has 0 aromatic heterocycles. The number of ether oxygens (including phenoxy) is 1. The molecule has 0 aromatic carbocycles. The van der Waals surface area contributed by atoms with Gasteiger partial charge in [0, 0.05) is 32.8 Å². The maximum absolute atomic E-state index is 5.58. The summed E-state index contributed by atoms with van der Waals surface area (Å²) in [6, 6.07) is 0.402. The lowest BCUT2D eigenvalue weighted by molar-refractivity contribution is 0.196. The maximum atomic E-state index is 5.58. The summed E-state index contributed by atoms with van der Waals surface area (Å²) in [5.74, 6) is 6.37. The number of nitrogens with two attached hydrogens (primary N) is 1. The molecule has 0 fully saturated rings. The predicted octanol–water partition coefficient (Wildman–Crippen LogP) is 1.74. The molecule has 5 heteroatoms.